The highest BCUT2D eigenvalue weighted by atomic mass is 16.6. The summed E-state index contributed by atoms with van der Waals surface area (Å²) in [6, 6.07) is 12.1. The molecule has 0 heterocycles. The summed E-state index contributed by atoms with van der Waals surface area (Å²) in [7, 11) is 0. The van der Waals surface area contributed by atoms with Crippen LogP contribution >= 0.6 is 0 Å². The van der Waals surface area contributed by atoms with E-state index in [1.165, 1.54) is 23.8 Å². The number of hydrogen-bond acceptors (Lipinski definition) is 4. The molecule has 130 valence electrons. The zero-order chi connectivity index (χ0) is 18.6. The lowest BCUT2D eigenvalue weighted by molar-refractivity contribution is -0.385. The minimum Gasteiger partial charge on any atom is -0.267 e. The smallest absolute Gasteiger partial charge is 0.267 e. The number of carbonyl (C=O) groups excluding carboxylic acids is 1. The summed E-state index contributed by atoms with van der Waals surface area (Å²) in [5, 5.41) is 14.7. The molecular weight excluding hydrogens is 318 g/mol. The average Bonchev–Trinajstić information content (AvgIpc) is 2.54. The third-order valence-electron chi connectivity index (χ3n) is 3.81. The van der Waals surface area contributed by atoms with Gasteiger partial charge in [-0.2, -0.15) is 5.10 Å². The number of hydrogen-bond donors (Lipinski definition) is 1. The predicted octanol–water partition coefficient (Wildman–Crippen LogP) is 3.96. The fourth-order valence-corrected chi connectivity index (χ4v) is 2.30. The van der Waals surface area contributed by atoms with Crippen LogP contribution in [-0.2, 0) is 5.41 Å². The fourth-order valence-electron chi connectivity index (χ4n) is 2.30. The molecule has 6 heteroatoms. The van der Waals surface area contributed by atoms with Gasteiger partial charge in [0, 0.05) is 17.2 Å². The highest BCUT2D eigenvalue weighted by molar-refractivity contribution is 5.95. The minimum absolute atomic E-state index is 0.0148. The summed E-state index contributed by atoms with van der Waals surface area (Å²) in [6.45, 7) is 8.02. The average molecular weight is 339 g/mol. The molecule has 2 rings (SSSR count). The molecular formula is C19H21N3O3. The van der Waals surface area contributed by atoms with Gasteiger partial charge in [-0.25, -0.2) is 5.43 Å². The van der Waals surface area contributed by atoms with Crippen molar-refractivity contribution >= 4 is 17.8 Å². The van der Waals surface area contributed by atoms with E-state index in [-0.39, 0.29) is 11.1 Å². The second kappa shape index (κ2) is 7.25. The molecule has 0 saturated carbocycles. The van der Waals surface area contributed by atoms with Crippen LogP contribution in [0.15, 0.2) is 47.6 Å². The Bertz CT molecular complexity index is 819. The van der Waals surface area contributed by atoms with Crippen molar-refractivity contribution in [2.24, 2.45) is 5.10 Å². The van der Waals surface area contributed by atoms with E-state index >= 15 is 0 Å². The number of nitro groups is 1. The molecule has 0 fully saturated rings. The lowest BCUT2D eigenvalue weighted by Gasteiger charge is -2.18. The lowest BCUT2D eigenvalue weighted by atomic mass is 9.87. The molecule has 0 unspecified atom stereocenters. The maximum Gasteiger partial charge on any atom is 0.272 e. The number of carbonyl (C=O) groups is 1. The molecule has 0 aliphatic rings. The molecule has 0 saturated heterocycles. The van der Waals surface area contributed by atoms with Crippen molar-refractivity contribution in [1.29, 1.82) is 0 Å². The van der Waals surface area contributed by atoms with E-state index in [1.807, 2.05) is 24.3 Å². The van der Waals surface area contributed by atoms with Crippen LogP contribution in [0.3, 0.4) is 0 Å². The molecule has 2 aromatic carbocycles. The van der Waals surface area contributed by atoms with Gasteiger partial charge in [0.15, 0.2) is 0 Å². The van der Waals surface area contributed by atoms with E-state index < -0.39 is 10.8 Å². The van der Waals surface area contributed by atoms with Crippen LogP contribution in [-0.4, -0.2) is 17.0 Å². The van der Waals surface area contributed by atoms with Crippen molar-refractivity contribution in [2.75, 3.05) is 0 Å². The van der Waals surface area contributed by atoms with Crippen molar-refractivity contribution in [2.45, 2.75) is 33.1 Å². The van der Waals surface area contributed by atoms with Gasteiger partial charge >= 0.3 is 0 Å². The third-order valence-corrected chi connectivity index (χ3v) is 3.81. The fraction of sp³-hybridized carbons (Fsp3) is 0.263. The maximum absolute atomic E-state index is 12.1. The molecule has 25 heavy (non-hydrogen) atoms. The Kier molecular flexibility index (Phi) is 5.32. The molecule has 0 spiro atoms. The largest absolute Gasteiger partial charge is 0.272 e. The number of nitro benzene ring substituents is 1. The Morgan fingerprint density at radius 1 is 1.16 bits per heavy atom. The Hall–Kier alpha value is -3.02. The zero-order valence-corrected chi connectivity index (χ0v) is 14.7. The van der Waals surface area contributed by atoms with Crippen molar-refractivity contribution in [3.05, 3.63) is 74.8 Å². The molecule has 0 radical (unpaired) electrons. The van der Waals surface area contributed by atoms with Gasteiger partial charge in [-0.3, -0.25) is 14.9 Å². The number of hydrazone groups is 1. The van der Waals surface area contributed by atoms with E-state index in [0.717, 1.165) is 5.56 Å². The number of rotatable bonds is 4. The van der Waals surface area contributed by atoms with Gasteiger partial charge in [0.1, 0.15) is 0 Å². The van der Waals surface area contributed by atoms with Gasteiger partial charge in [-0.15, -0.1) is 0 Å². The van der Waals surface area contributed by atoms with Gasteiger partial charge in [0.25, 0.3) is 11.6 Å². The normalized spacial score (nSPS) is 11.5. The van der Waals surface area contributed by atoms with Crippen LogP contribution < -0.4 is 5.43 Å². The van der Waals surface area contributed by atoms with Crippen LogP contribution in [0.4, 0.5) is 5.69 Å². The summed E-state index contributed by atoms with van der Waals surface area (Å²) >= 11 is 0. The summed E-state index contributed by atoms with van der Waals surface area (Å²) in [4.78, 5) is 22.4. The van der Waals surface area contributed by atoms with Crippen LogP contribution in [0.2, 0.25) is 0 Å². The van der Waals surface area contributed by atoms with E-state index in [1.54, 1.807) is 13.1 Å². The number of nitrogens with zero attached hydrogens (tertiary/aromatic N) is 2. The summed E-state index contributed by atoms with van der Waals surface area (Å²) in [5.74, 6) is -0.416. The standard InChI is InChI=1S/C19H21N3O3/c1-13-11-15(7-10-17(13)22(24)25)18(23)21-20-12-14-5-8-16(9-6-14)19(2,3)4/h5-12H,1-4H3,(H,21,23)/b20-12+. The zero-order valence-electron chi connectivity index (χ0n) is 14.7. The quantitative estimate of drug-likeness (QED) is 0.520. The molecule has 0 aromatic heterocycles. The Balaban J connectivity index is 2.03. The topological polar surface area (TPSA) is 84.6 Å². The molecule has 2 aromatic rings. The van der Waals surface area contributed by atoms with Crippen molar-refractivity contribution in [3.8, 4) is 0 Å². The van der Waals surface area contributed by atoms with Crippen molar-refractivity contribution < 1.29 is 9.72 Å². The number of amides is 1. The van der Waals surface area contributed by atoms with E-state index in [2.05, 4.69) is 31.3 Å². The van der Waals surface area contributed by atoms with Crippen LogP contribution in [0.25, 0.3) is 0 Å². The number of benzene rings is 2. The molecule has 1 N–H and O–H groups in total. The van der Waals surface area contributed by atoms with Crippen LogP contribution in [0, 0.1) is 17.0 Å². The summed E-state index contributed by atoms with van der Waals surface area (Å²) in [5.41, 5.74) is 5.33. The van der Waals surface area contributed by atoms with Gasteiger partial charge < -0.3 is 0 Å². The molecule has 0 aliphatic heterocycles. The summed E-state index contributed by atoms with van der Waals surface area (Å²) < 4.78 is 0. The summed E-state index contributed by atoms with van der Waals surface area (Å²) in [6.07, 6.45) is 1.56. The second-order valence-corrected chi connectivity index (χ2v) is 6.83. The SMILES string of the molecule is Cc1cc(C(=O)N/N=C/c2ccc(C(C)(C)C)cc2)ccc1[N+](=O)[O-]. The van der Waals surface area contributed by atoms with E-state index in [4.69, 9.17) is 0 Å². The monoisotopic (exact) mass is 339 g/mol. The third kappa shape index (κ3) is 4.73. The lowest BCUT2D eigenvalue weighted by Crippen LogP contribution is -2.17. The Morgan fingerprint density at radius 3 is 2.32 bits per heavy atom. The molecule has 6 nitrogen and oxygen atoms in total. The Morgan fingerprint density at radius 2 is 1.80 bits per heavy atom. The van der Waals surface area contributed by atoms with Crippen LogP contribution in [0.1, 0.15) is 47.8 Å². The Labute approximate surface area is 146 Å². The first-order chi connectivity index (χ1) is 11.7. The van der Waals surface area contributed by atoms with Crippen molar-refractivity contribution in [3.63, 3.8) is 0 Å². The number of aryl methyl sites for hydroxylation is 1. The molecule has 0 bridgehead atoms. The maximum atomic E-state index is 12.1. The highest BCUT2D eigenvalue weighted by Crippen LogP contribution is 2.22. The molecule has 0 atom stereocenters. The first-order valence-corrected chi connectivity index (χ1v) is 7.87. The van der Waals surface area contributed by atoms with Crippen molar-refractivity contribution in [1.82, 2.24) is 5.43 Å². The minimum atomic E-state index is -0.476. The first kappa shape index (κ1) is 18.3. The van der Waals surface area contributed by atoms with E-state index in [9.17, 15) is 14.9 Å². The van der Waals surface area contributed by atoms with Gasteiger partial charge in [-0.05, 0) is 35.6 Å². The van der Waals surface area contributed by atoms with Crippen LogP contribution in [0.5, 0.6) is 0 Å². The second-order valence-electron chi connectivity index (χ2n) is 6.83. The van der Waals surface area contributed by atoms with Gasteiger partial charge in [-0.1, -0.05) is 45.0 Å². The van der Waals surface area contributed by atoms with Gasteiger partial charge in [0.05, 0.1) is 11.1 Å². The highest BCUT2D eigenvalue weighted by Gasteiger charge is 2.14. The molecule has 0 aliphatic carbocycles. The molecule has 1 amide bonds. The number of nitrogens with one attached hydrogen (secondary N) is 1. The van der Waals surface area contributed by atoms with Gasteiger partial charge in [0.2, 0.25) is 0 Å². The first-order valence-electron chi connectivity index (χ1n) is 7.87. The predicted molar refractivity (Wildman–Crippen MR) is 98.0 cm³/mol. The van der Waals surface area contributed by atoms with E-state index in [0.29, 0.717) is 11.1 Å².